The highest BCUT2D eigenvalue weighted by Crippen LogP contribution is 2.41. The number of fused-ring (bicyclic) bond motifs is 1. The van der Waals surface area contributed by atoms with Gasteiger partial charge < -0.3 is 10.0 Å². The number of aliphatic carboxylic acids is 1. The molecule has 2 saturated carbocycles. The number of rotatable bonds is 10. The first-order chi connectivity index (χ1) is 15.4. The van der Waals surface area contributed by atoms with Gasteiger partial charge in [-0.2, -0.15) is 0 Å². The van der Waals surface area contributed by atoms with Crippen LogP contribution >= 0.6 is 23.2 Å². The van der Waals surface area contributed by atoms with Crippen molar-refractivity contribution < 1.29 is 19.5 Å². The third-order valence-electron chi connectivity index (χ3n) is 8.02. The summed E-state index contributed by atoms with van der Waals surface area (Å²) in [5.74, 6) is -0.170. The maximum atomic E-state index is 13.5. The van der Waals surface area contributed by atoms with Crippen LogP contribution in [0.5, 0.6) is 0 Å². The molecule has 8 heteroatoms. The van der Waals surface area contributed by atoms with Gasteiger partial charge in [0.05, 0.1) is 0 Å². The van der Waals surface area contributed by atoms with E-state index in [-0.39, 0.29) is 36.1 Å². The summed E-state index contributed by atoms with van der Waals surface area (Å²) < 4.78 is 0. The second kappa shape index (κ2) is 12.1. The smallest absolute Gasteiger partial charge is 0.315 e. The van der Waals surface area contributed by atoms with E-state index in [9.17, 15) is 19.5 Å². The highest BCUT2D eigenvalue weighted by atomic mass is 35.5. The fourth-order valence-electron chi connectivity index (χ4n) is 6.37. The number of carbonyl (C=O) groups excluding carboxylic acids is 2. The Morgan fingerprint density at radius 1 is 1.06 bits per heavy atom. The average Bonchev–Trinajstić information content (AvgIpc) is 2.79. The first-order valence-electron chi connectivity index (χ1n) is 12.3. The summed E-state index contributed by atoms with van der Waals surface area (Å²) in [5.41, 5.74) is 0. The summed E-state index contributed by atoms with van der Waals surface area (Å²) in [5, 5.41) is 9.46. The first kappa shape index (κ1) is 25.9. The molecule has 32 heavy (non-hydrogen) atoms. The van der Waals surface area contributed by atoms with E-state index in [1.165, 1.54) is 0 Å². The van der Waals surface area contributed by atoms with E-state index in [0.717, 1.165) is 45.3 Å². The van der Waals surface area contributed by atoms with Gasteiger partial charge in [-0.05, 0) is 51.0 Å². The third kappa shape index (κ3) is 6.05. The molecule has 0 radical (unpaired) electrons. The minimum Gasteiger partial charge on any atom is -0.481 e. The van der Waals surface area contributed by atoms with Gasteiger partial charge in [0.15, 0.2) is 5.78 Å². The number of hydrogen-bond acceptors (Lipinski definition) is 5. The predicted octanol–water partition coefficient (Wildman–Crippen LogP) is 3.53. The van der Waals surface area contributed by atoms with Crippen molar-refractivity contribution in [1.29, 1.82) is 0 Å². The molecule has 1 aliphatic heterocycles. The Balaban J connectivity index is 1.61. The van der Waals surface area contributed by atoms with E-state index in [0.29, 0.717) is 49.3 Å². The van der Waals surface area contributed by atoms with Crippen LogP contribution in [0.4, 0.5) is 0 Å². The molecule has 6 nitrogen and oxygen atoms in total. The summed E-state index contributed by atoms with van der Waals surface area (Å²) in [7, 11) is 0. The zero-order valence-corrected chi connectivity index (χ0v) is 20.7. The number of piperidine rings is 1. The molecule has 182 valence electrons. The molecular weight excluding hydrogens is 451 g/mol. The molecule has 0 aromatic heterocycles. The van der Waals surface area contributed by atoms with Gasteiger partial charge in [0.25, 0.3) is 0 Å². The summed E-state index contributed by atoms with van der Waals surface area (Å²) in [4.78, 5) is 42.3. The lowest BCUT2D eigenvalue weighted by molar-refractivity contribution is -0.155. The number of nitrogens with zero attached hydrogens (tertiary/aromatic N) is 2. The van der Waals surface area contributed by atoms with Gasteiger partial charge in [-0.3, -0.25) is 19.3 Å². The lowest BCUT2D eigenvalue weighted by atomic mass is 9.67. The molecule has 3 rings (SSSR count). The number of halogens is 2. The molecule has 1 N–H and O–H groups in total. The molecule has 3 fully saturated rings. The summed E-state index contributed by atoms with van der Waals surface area (Å²) in [6.07, 6.45) is 6.16. The van der Waals surface area contributed by atoms with Crippen LogP contribution in [0, 0.1) is 29.6 Å². The molecule has 0 bridgehead atoms. The van der Waals surface area contributed by atoms with Crippen LogP contribution in [0.2, 0.25) is 0 Å². The van der Waals surface area contributed by atoms with Gasteiger partial charge >= 0.3 is 5.97 Å². The number of carbonyl (C=O) groups is 3. The minimum absolute atomic E-state index is 0.00752. The molecule has 1 heterocycles. The molecule has 3 aliphatic rings. The molecule has 0 aromatic carbocycles. The average molecular weight is 489 g/mol. The van der Waals surface area contributed by atoms with E-state index in [4.69, 9.17) is 23.2 Å². The SMILES string of the molecule is CCN1CC(C(=O)O)C(=O)C2CCC(C(=O)C3CCCC(CN(CCCl)CCCl)C3)CC21. The van der Waals surface area contributed by atoms with Crippen LogP contribution in [0.1, 0.15) is 51.9 Å². The normalized spacial score (nSPS) is 33.8. The summed E-state index contributed by atoms with van der Waals surface area (Å²) in [6.45, 7) is 5.60. The van der Waals surface area contributed by atoms with Crippen molar-refractivity contribution in [2.45, 2.75) is 57.9 Å². The molecule has 0 amide bonds. The number of likely N-dealkylation sites (tertiary alicyclic amines) is 1. The number of ketones is 2. The van der Waals surface area contributed by atoms with Gasteiger partial charge in [0, 0.05) is 61.7 Å². The van der Waals surface area contributed by atoms with Crippen LogP contribution in [0.3, 0.4) is 0 Å². The van der Waals surface area contributed by atoms with E-state index in [2.05, 4.69) is 9.80 Å². The molecule has 0 spiro atoms. The first-order valence-corrected chi connectivity index (χ1v) is 13.3. The Morgan fingerprint density at radius 2 is 1.75 bits per heavy atom. The maximum Gasteiger partial charge on any atom is 0.315 e. The zero-order valence-electron chi connectivity index (χ0n) is 19.2. The van der Waals surface area contributed by atoms with Crippen molar-refractivity contribution in [3.8, 4) is 0 Å². The van der Waals surface area contributed by atoms with Crippen molar-refractivity contribution in [3.63, 3.8) is 0 Å². The van der Waals surface area contributed by atoms with E-state index in [1.54, 1.807) is 0 Å². The predicted molar refractivity (Wildman–Crippen MR) is 126 cm³/mol. The quantitative estimate of drug-likeness (QED) is 0.374. The van der Waals surface area contributed by atoms with Gasteiger partial charge in [-0.15, -0.1) is 23.2 Å². The Morgan fingerprint density at radius 3 is 2.38 bits per heavy atom. The molecule has 1 saturated heterocycles. The highest BCUT2D eigenvalue weighted by molar-refractivity contribution is 6.18. The second-order valence-electron chi connectivity index (χ2n) is 9.88. The largest absolute Gasteiger partial charge is 0.481 e. The summed E-state index contributed by atoms with van der Waals surface area (Å²) in [6, 6.07) is 0.00752. The van der Waals surface area contributed by atoms with Gasteiger partial charge in [0.1, 0.15) is 11.7 Å². The molecule has 0 aromatic rings. The van der Waals surface area contributed by atoms with Crippen molar-refractivity contribution in [2.24, 2.45) is 29.6 Å². The number of hydrogen-bond donors (Lipinski definition) is 1. The number of Topliss-reactive ketones (excluding diaryl/α,β-unsaturated/α-hetero) is 2. The second-order valence-corrected chi connectivity index (χ2v) is 10.6. The number of carboxylic acids is 1. The maximum absolute atomic E-state index is 13.5. The highest BCUT2D eigenvalue weighted by Gasteiger charge is 2.49. The molecule has 6 atom stereocenters. The van der Waals surface area contributed by atoms with Gasteiger partial charge in [-0.25, -0.2) is 0 Å². The fraction of sp³-hybridized carbons (Fsp3) is 0.875. The van der Waals surface area contributed by atoms with Crippen molar-refractivity contribution in [3.05, 3.63) is 0 Å². The Bertz CT molecular complexity index is 670. The van der Waals surface area contributed by atoms with Crippen LogP contribution < -0.4 is 0 Å². The zero-order chi connectivity index (χ0) is 23.3. The van der Waals surface area contributed by atoms with Crippen LogP contribution in [-0.2, 0) is 14.4 Å². The topological polar surface area (TPSA) is 77.9 Å². The van der Waals surface area contributed by atoms with Crippen LogP contribution in [-0.4, -0.2) is 83.0 Å². The van der Waals surface area contributed by atoms with E-state index >= 15 is 0 Å². The lowest BCUT2D eigenvalue weighted by Gasteiger charge is -2.47. The Labute approximate surface area is 202 Å². The Hall–Kier alpha value is -0.690. The lowest BCUT2D eigenvalue weighted by Crippen LogP contribution is -2.58. The Kier molecular flexibility index (Phi) is 9.84. The van der Waals surface area contributed by atoms with Crippen molar-refractivity contribution in [2.75, 3.05) is 44.5 Å². The monoisotopic (exact) mass is 488 g/mol. The van der Waals surface area contributed by atoms with Crippen molar-refractivity contribution in [1.82, 2.24) is 9.80 Å². The number of carboxylic acid groups (broad SMARTS) is 1. The number of alkyl halides is 2. The fourth-order valence-corrected chi connectivity index (χ4v) is 6.85. The van der Waals surface area contributed by atoms with Crippen molar-refractivity contribution >= 4 is 40.7 Å². The van der Waals surface area contributed by atoms with Gasteiger partial charge in [0.2, 0.25) is 0 Å². The van der Waals surface area contributed by atoms with Gasteiger partial charge in [-0.1, -0.05) is 13.3 Å². The van der Waals surface area contributed by atoms with E-state index in [1.807, 2.05) is 6.92 Å². The third-order valence-corrected chi connectivity index (χ3v) is 8.36. The molecule has 2 aliphatic carbocycles. The van der Waals surface area contributed by atoms with Crippen LogP contribution in [0.15, 0.2) is 0 Å². The molecular formula is C24H38Cl2N2O4. The minimum atomic E-state index is -1.02. The van der Waals surface area contributed by atoms with E-state index < -0.39 is 11.9 Å². The van der Waals surface area contributed by atoms with Crippen LogP contribution in [0.25, 0.3) is 0 Å². The summed E-state index contributed by atoms with van der Waals surface area (Å²) >= 11 is 11.9. The standard InChI is InChI=1S/C24H38Cl2N2O4/c1-2-28-15-20(24(31)32)23(30)19-7-6-18(13-21(19)28)22(29)17-5-3-4-16(12-17)14-27(10-8-25)11-9-26/h16-21H,2-15H2,1H3,(H,31,32). The molecule has 6 unspecified atom stereocenters.